The number of thiophene rings is 1. The maximum absolute atomic E-state index is 13.2. The number of aromatic nitrogens is 1. The summed E-state index contributed by atoms with van der Waals surface area (Å²) in [5.74, 6) is -5.41. The Bertz CT molecular complexity index is 1010. The van der Waals surface area contributed by atoms with Crippen LogP contribution in [0.5, 0.6) is 0 Å². The molecule has 0 unspecified atom stereocenters. The Kier molecular flexibility index (Phi) is 5.07. The van der Waals surface area contributed by atoms with E-state index >= 15 is 0 Å². The van der Waals surface area contributed by atoms with Gasteiger partial charge < -0.3 is 0 Å². The average molecular weight is 418 g/mol. The quantitative estimate of drug-likeness (QED) is 0.471. The summed E-state index contributed by atoms with van der Waals surface area (Å²) < 4.78 is 64.7. The minimum Gasteiger partial charge on any atom is -0.298 e. The van der Waals surface area contributed by atoms with Crippen LogP contribution in [-0.2, 0) is 0 Å². The fourth-order valence-corrected chi connectivity index (χ4v) is 3.76. The standard InChI is InChI=1S/C16H7F5N2O2S2/c17-8-4-3-7(6-9(8)18)14(25)23-15-22-11(10-2-1-5-26-10)12(27-15)13(24)16(19,20)21/h1-6H,(H,22,23,25). The van der Waals surface area contributed by atoms with Gasteiger partial charge in [-0.2, -0.15) is 13.2 Å². The molecule has 0 spiro atoms. The summed E-state index contributed by atoms with van der Waals surface area (Å²) in [5.41, 5.74) is -0.469. The van der Waals surface area contributed by atoms with Gasteiger partial charge >= 0.3 is 6.18 Å². The molecule has 0 bridgehead atoms. The third-order valence-electron chi connectivity index (χ3n) is 3.25. The topological polar surface area (TPSA) is 59.1 Å². The highest BCUT2D eigenvalue weighted by Gasteiger charge is 2.42. The SMILES string of the molecule is O=C(Nc1nc(-c2cccs2)c(C(=O)C(F)(F)F)s1)c1ccc(F)c(F)c1. The van der Waals surface area contributed by atoms with Crippen LogP contribution >= 0.6 is 22.7 Å². The first-order valence-electron chi connectivity index (χ1n) is 7.09. The second-order valence-electron chi connectivity index (χ2n) is 5.08. The lowest BCUT2D eigenvalue weighted by Crippen LogP contribution is -2.22. The van der Waals surface area contributed by atoms with Gasteiger partial charge in [0.05, 0.1) is 4.88 Å². The second-order valence-corrected chi connectivity index (χ2v) is 7.03. The van der Waals surface area contributed by atoms with E-state index in [1.54, 1.807) is 11.4 Å². The number of halogens is 5. The van der Waals surface area contributed by atoms with Crippen LogP contribution in [-0.4, -0.2) is 22.9 Å². The van der Waals surface area contributed by atoms with Crippen LogP contribution in [0.1, 0.15) is 20.0 Å². The minimum atomic E-state index is -5.11. The Labute approximate surface area is 156 Å². The van der Waals surface area contributed by atoms with Gasteiger partial charge in [0.25, 0.3) is 11.7 Å². The molecule has 0 saturated heterocycles. The fourth-order valence-electron chi connectivity index (χ4n) is 2.04. The van der Waals surface area contributed by atoms with Crippen molar-refractivity contribution in [1.82, 2.24) is 4.98 Å². The second kappa shape index (κ2) is 7.16. The average Bonchev–Trinajstić information content (AvgIpc) is 3.25. The molecule has 2 aromatic heterocycles. The van der Waals surface area contributed by atoms with Crippen molar-refractivity contribution >= 4 is 39.5 Å². The first-order chi connectivity index (χ1) is 12.7. The number of alkyl halides is 3. The van der Waals surface area contributed by atoms with Gasteiger partial charge in [-0.15, -0.1) is 11.3 Å². The highest BCUT2D eigenvalue weighted by molar-refractivity contribution is 7.19. The normalized spacial score (nSPS) is 11.4. The Hall–Kier alpha value is -2.66. The zero-order valence-electron chi connectivity index (χ0n) is 12.9. The molecule has 1 N–H and O–H groups in total. The molecule has 1 aromatic carbocycles. The number of amides is 1. The smallest absolute Gasteiger partial charge is 0.298 e. The van der Waals surface area contributed by atoms with Gasteiger partial charge in [-0.3, -0.25) is 14.9 Å². The zero-order valence-corrected chi connectivity index (χ0v) is 14.6. The third kappa shape index (κ3) is 4.03. The molecule has 0 saturated carbocycles. The number of benzene rings is 1. The third-order valence-corrected chi connectivity index (χ3v) is 5.09. The first kappa shape index (κ1) is 19.1. The van der Waals surface area contributed by atoms with Crippen LogP contribution < -0.4 is 5.32 Å². The molecule has 2 heterocycles. The van der Waals surface area contributed by atoms with Gasteiger partial charge in [0.1, 0.15) is 10.6 Å². The molecule has 0 fully saturated rings. The van der Waals surface area contributed by atoms with E-state index in [0.29, 0.717) is 22.3 Å². The van der Waals surface area contributed by atoms with Crippen LogP contribution in [0.3, 0.4) is 0 Å². The molecule has 140 valence electrons. The van der Waals surface area contributed by atoms with Crippen molar-refractivity contribution < 1.29 is 31.5 Å². The molecule has 0 aliphatic heterocycles. The fraction of sp³-hybridized carbons (Fsp3) is 0.0625. The number of nitrogens with zero attached hydrogens (tertiary/aromatic N) is 1. The lowest BCUT2D eigenvalue weighted by Gasteiger charge is -2.03. The number of nitrogens with one attached hydrogen (secondary N) is 1. The van der Waals surface area contributed by atoms with E-state index in [-0.39, 0.29) is 16.4 Å². The number of rotatable bonds is 4. The molecule has 1 amide bonds. The summed E-state index contributed by atoms with van der Waals surface area (Å²) in [7, 11) is 0. The minimum absolute atomic E-state index is 0.210. The lowest BCUT2D eigenvalue weighted by atomic mass is 10.2. The molecule has 0 atom stereocenters. The van der Waals surface area contributed by atoms with Crippen molar-refractivity contribution in [1.29, 1.82) is 0 Å². The summed E-state index contributed by atoms with van der Waals surface area (Å²) in [5, 5.41) is 3.51. The molecule has 3 aromatic rings. The number of carbonyl (C=O) groups excluding carboxylic acids is 2. The van der Waals surface area contributed by atoms with E-state index < -0.39 is 34.4 Å². The summed E-state index contributed by atoms with van der Waals surface area (Å²) in [6.07, 6.45) is -5.11. The monoisotopic (exact) mass is 418 g/mol. The van der Waals surface area contributed by atoms with Crippen molar-refractivity contribution in [3.63, 3.8) is 0 Å². The van der Waals surface area contributed by atoms with Crippen LogP contribution in [0.25, 0.3) is 10.6 Å². The largest absolute Gasteiger partial charge is 0.455 e. The number of hydrogen-bond acceptors (Lipinski definition) is 5. The predicted octanol–water partition coefficient (Wildman–Crippen LogP) is 5.15. The lowest BCUT2D eigenvalue weighted by molar-refractivity contribution is -0.0882. The van der Waals surface area contributed by atoms with Gasteiger partial charge in [-0.05, 0) is 29.6 Å². The van der Waals surface area contributed by atoms with Gasteiger partial charge in [-0.25, -0.2) is 13.8 Å². The Morgan fingerprint density at radius 3 is 2.41 bits per heavy atom. The van der Waals surface area contributed by atoms with Crippen LogP contribution in [0.15, 0.2) is 35.7 Å². The molecule has 4 nitrogen and oxygen atoms in total. The first-order valence-corrected chi connectivity index (χ1v) is 8.79. The molecule has 0 radical (unpaired) electrons. The van der Waals surface area contributed by atoms with Gasteiger partial charge in [0.15, 0.2) is 16.8 Å². The number of carbonyl (C=O) groups is 2. The van der Waals surface area contributed by atoms with Crippen LogP contribution in [0.4, 0.5) is 27.1 Å². The van der Waals surface area contributed by atoms with E-state index in [2.05, 4.69) is 10.3 Å². The maximum Gasteiger partial charge on any atom is 0.455 e. The van der Waals surface area contributed by atoms with Gasteiger partial charge in [0.2, 0.25) is 0 Å². The Morgan fingerprint density at radius 1 is 1.07 bits per heavy atom. The van der Waals surface area contributed by atoms with E-state index in [1.807, 2.05) is 0 Å². The van der Waals surface area contributed by atoms with E-state index in [4.69, 9.17) is 0 Å². The highest BCUT2D eigenvalue weighted by Crippen LogP contribution is 2.37. The number of hydrogen-bond donors (Lipinski definition) is 1. The number of anilines is 1. The summed E-state index contributed by atoms with van der Waals surface area (Å²) in [6, 6.07) is 5.43. The summed E-state index contributed by atoms with van der Waals surface area (Å²) >= 11 is 1.42. The van der Waals surface area contributed by atoms with E-state index in [9.17, 15) is 31.5 Å². The van der Waals surface area contributed by atoms with E-state index in [0.717, 1.165) is 23.5 Å². The molecule has 3 rings (SSSR count). The molecular weight excluding hydrogens is 411 g/mol. The zero-order chi connectivity index (χ0) is 19.8. The maximum atomic E-state index is 13.2. The molecule has 0 aliphatic carbocycles. The molecule has 0 aliphatic rings. The Balaban J connectivity index is 1.95. The molecule has 11 heteroatoms. The van der Waals surface area contributed by atoms with Crippen molar-refractivity contribution in [2.75, 3.05) is 5.32 Å². The molecular formula is C16H7F5N2O2S2. The number of ketones is 1. The number of thiazole rings is 1. The summed E-state index contributed by atoms with van der Waals surface area (Å²) in [6.45, 7) is 0. The highest BCUT2D eigenvalue weighted by atomic mass is 32.1. The van der Waals surface area contributed by atoms with Crippen molar-refractivity contribution in [3.05, 3.63) is 57.8 Å². The van der Waals surface area contributed by atoms with Crippen LogP contribution in [0, 0.1) is 11.6 Å². The number of Topliss-reactive ketones (excluding diaryl/α,β-unsaturated/α-hetero) is 1. The van der Waals surface area contributed by atoms with Crippen molar-refractivity contribution in [2.24, 2.45) is 0 Å². The predicted molar refractivity (Wildman–Crippen MR) is 90.1 cm³/mol. The van der Waals surface area contributed by atoms with E-state index in [1.165, 1.54) is 6.07 Å². The Morgan fingerprint density at radius 2 is 1.81 bits per heavy atom. The summed E-state index contributed by atoms with van der Waals surface area (Å²) in [4.78, 5) is 27.3. The van der Waals surface area contributed by atoms with Gasteiger partial charge in [0, 0.05) is 5.56 Å². The molecule has 27 heavy (non-hydrogen) atoms. The van der Waals surface area contributed by atoms with Gasteiger partial charge in [-0.1, -0.05) is 17.4 Å². The van der Waals surface area contributed by atoms with Crippen LogP contribution in [0.2, 0.25) is 0 Å². The van der Waals surface area contributed by atoms with Crippen molar-refractivity contribution in [3.8, 4) is 10.6 Å². The van der Waals surface area contributed by atoms with Crippen molar-refractivity contribution in [2.45, 2.75) is 6.18 Å².